The third-order valence-corrected chi connectivity index (χ3v) is 4.45. The maximum Gasteiger partial charge on any atom is 1.00 e. The molecule has 3 rings (SSSR count). The summed E-state index contributed by atoms with van der Waals surface area (Å²) in [5.41, 5.74) is 3.94. The van der Waals surface area contributed by atoms with Gasteiger partial charge in [0, 0.05) is 50.1 Å². The van der Waals surface area contributed by atoms with Crippen molar-refractivity contribution in [3.8, 4) is 0 Å². The van der Waals surface area contributed by atoms with Crippen LogP contribution in [-0.2, 0) is 6.54 Å². The van der Waals surface area contributed by atoms with Crippen molar-refractivity contribution in [2.75, 3.05) is 26.2 Å². The molecule has 1 fully saturated rings. The summed E-state index contributed by atoms with van der Waals surface area (Å²) in [7, 11) is 0. The zero-order chi connectivity index (χ0) is 17.6. The second kappa shape index (κ2) is 9.80. The first kappa shape index (κ1) is 20.5. The fourth-order valence-electron chi connectivity index (χ4n) is 2.81. The molecule has 0 atom stereocenters. The molecule has 0 radical (unpaired) electrons. The maximum atomic E-state index is 6.36. The largest absolute Gasteiger partial charge is 1.00 e. The van der Waals surface area contributed by atoms with E-state index in [0.29, 0.717) is 17.3 Å². The Labute approximate surface area is 171 Å². The van der Waals surface area contributed by atoms with Crippen molar-refractivity contribution in [2.45, 2.75) is 6.54 Å². The molecule has 130 valence electrons. The summed E-state index contributed by atoms with van der Waals surface area (Å²) >= 11 is 6.36. The standard InChI is InChI=1S/C19H20ClN5.Li/c1-3-4-19(25-9-7-21-8-10-25)14(2)24-13-15-11-17-18(12-16(15)20)23-6-5-22-17;/h1-6,11-12,21,24H,7-10,13H2;/q-2;+1/b19-4+;. The van der Waals surface area contributed by atoms with E-state index in [4.69, 9.17) is 24.8 Å². The number of nitrogens with one attached hydrogen (secondary N) is 2. The molecule has 1 aliphatic heterocycles. The van der Waals surface area contributed by atoms with E-state index in [9.17, 15) is 0 Å². The first-order valence-electron chi connectivity index (χ1n) is 8.15. The molecule has 2 aromatic rings. The maximum absolute atomic E-state index is 6.36. The number of benzene rings is 1. The van der Waals surface area contributed by atoms with Crippen LogP contribution >= 0.6 is 11.6 Å². The molecule has 7 heteroatoms. The van der Waals surface area contributed by atoms with E-state index < -0.39 is 0 Å². The van der Waals surface area contributed by atoms with Crippen LogP contribution in [0.2, 0.25) is 5.02 Å². The Balaban J connectivity index is 0.00000243. The van der Waals surface area contributed by atoms with E-state index in [-0.39, 0.29) is 18.9 Å². The number of piperazine rings is 1. The minimum absolute atomic E-state index is 0. The Morgan fingerprint density at radius 2 is 1.88 bits per heavy atom. The smallest absolute Gasteiger partial charge is 0.462 e. The number of allylic oxidation sites excluding steroid dienone is 2. The Morgan fingerprint density at radius 3 is 2.54 bits per heavy atom. The van der Waals surface area contributed by atoms with Crippen molar-refractivity contribution in [3.63, 3.8) is 0 Å². The summed E-state index contributed by atoms with van der Waals surface area (Å²) in [5.74, 6) is 0. The fourth-order valence-corrected chi connectivity index (χ4v) is 3.03. The molecular weight excluding hydrogens is 341 g/mol. The quantitative estimate of drug-likeness (QED) is 0.412. The number of nitrogens with zero attached hydrogens (tertiary/aromatic N) is 3. The van der Waals surface area contributed by atoms with Gasteiger partial charge in [-0.1, -0.05) is 11.6 Å². The molecule has 0 unspecified atom stereocenters. The van der Waals surface area contributed by atoms with Gasteiger partial charge in [-0.05, 0) is 17.7 Å². The van der Waals surface area contributed by atoms with Crippen LogP contribution in [0.1, 0.15) is 5.56 Å². The van der Waals surface area contributed by atoms with Gasteiger partial charge in [0.25, 0.3) is 0 Å². The first-order valence-corrected chi connectivity index (χ1v) is 8.53. The van der Waals surface area contributed by atoms with Gasteiger partial charge in [-0.25, -0.2) is 0 Å². The molecule has 0 bridgehead atoms. The predicted molar refractivity (Wildman–Crippen MR) is 101 cm³/mol. The number of hydrogen-bond donors (Lipinski definition) is 2. The molecule has 2 N–H and O–H groups in total. The molecular formula is C19H20ClLiN5-. The Bertz CT molecular complexity index is 815. The van der Waals surface area contributed by atoms with E-state index in [0.717, 1.165) is 48.5 Å². The molecule has 2 heterocycles. The second-order valence-electron chi connectivity index (χ2n) is 5.74. The number of hydrogen-bond acceptors (Lipinski definition) is 5. The predicted octanol–water partition coefficient (Wildman–Crippen LogP) is -0.528. The molecule has 0 aliphatic carbocycles. The van der Waals surface area contributed by atoms with Crippen molar-refractivity contribution < 1.29 is 18.9 Å². The SMILES string of the molecule is [CH-]=C/C=C(\C(=[CH-])NCc1cc2nccnc2cc1Cl)N1CCNCC1.[Li+]. The minimum atomic E-state index is 0. The van der Waals surface area contributed by atoms with E-state index >= 15 is 0 Å². The van der Waals surface area contributed by atoms with Gasteiger partial charge in [-0.2, -0.15) is 5.70 Å². The van der Waals surface area contributed by atoms with Gasteiger partial charge in [0.2, 0.25) is 0 Å². The van der Waals surface area contributed by atoms with Crippen LogP contribution in [0.5, 0.6) is 0 Å². The summed E-state index contributed by atoms with van der Waals surface area (Å²) in [5, 5.41) is 7.20. The van der Waals surface area contributed by atoms with Gasteiger partial charge in [0.1, 0.15) is 0 Å². The molecule has 5 nitrogen and oxygen atoms in total. The molecule has 1 aliphatic rings. The van der Waals surface area contributed by atoms with Crippen LogP contribution in [-0.4, -0.2) is 41.0 Å². The van der Waals surface area contributed by atoms with E-state index in [1.165, 1.54) is 6.08 Å². The fraction of sp³-hybridized carbons (Fsp3) is 0.263. The van der Waals surface area contributed by atoms with Gasteiger partial charge in [-0.15, -0.1) is 5.70 Å². The van der Waals surface area contributed by atoms with E-state index in [1.54, 1.807) is 12.4 Å². The summed E-state index contributed by atoms with van der Waals surface area (Å²) < 4.78 is 0. The average molecular weight is 361 g/mol. The van der Waals surface area contributed by atoms with Crippen LogP contribution < -0.4 is 29.5 Å². The Hall–Kier alpha value is -1.77. The van der Waals surface area contributed by atoms with Gasteiger partial charge >= 0.3 is 18.9 Å². The van der Waals surface area contributed by atoms with E-state index in [2.05, 4.69) is 25.5 Å². The molecule has 1 aromatic carbocycles. The molecule has 26 heavy (non-hydrogen) atoms. The van der Waals surface area contributed by atoms with Crippen LogP contribution in [0.3, 0.4) is 0 Å². The van der Waals surface area contributed by atoms with E-state index in [1.807, 2.05) is 18.2 Å². The van der Waals surface area contributed by atoms with Crippen LogP contribution in [0.25, 0.3) is 11.0 Å². The normalized spacial score (nSPS) is 14.7. The van der Waals surface area contributed by atoms with Crippen molar-refractivity contribution >= 4 is 22.6 Å². The minimum Gasteiger partial charge on any atom is -0.462 e. The first-order chi connectivity index (χ1) is 12.2. The number of fused-ring (bicyclic) bond motifs is 1. The van der Waals surface area contributed by atoms with Gasteiger partial charge < -0.3 is 15.5 Å². The van der Waals surface area contributed by atoms with Crippen molar-refractivity contribution in [3.05, 3.63) is 71.8 Å². The summed E-state index contributed by atoms with van der Waals surface area (Å²) in [6.07, 6.45) is 6.64. The van der Waals surface area contributed by atoms with Crippen LogP contribution in [0.15, 0.2) is 48.1 Å². The van der Waals surface area contributed by atoms with Gasteiger partial charge in [-0.3, -0.25) is 35.3 Å². The van der Waals surface area contributed by atoms with Crippen molar-refractivity contribution in [1.29, 1.82) is 0 Å². The summed E-state index contributed by atoms with van der Waals surface area (Å²) in [6.45, 7) is 16.0. The third-order valence-electron chi connectivity index (χ3n) is 4.09. The molecule has 1 saturated heterocycles. The zero-order valence-corrected chi connectivity index (χ0v) is 15.6. The van der Waals surface area contributed by atoms with Gasteiger partial charge in [0.05, 0.1) is 11.0 Å². The monoisotopic (exact) mass is 360 g/mol. The summed E-state index contributed by atoms with van der Waals surface area (Å²) in [6, 6.07) is 3.74. The van der Waals surface area contributed by atoms with Crippen LogP contribution in [0.4, 0.5) is 0 Å². The van der Waals surface area contributed by atoms with Gasteiger partial charge in [0.15, 0.2) is 0 Å². The molecule has 1 aromatic heterocycles. The van der Waals surface area contributed by atoms with Crippen molar-refractivity contribution in [1.82, 2.24) is 25.5 Å². The van der Waals surface area contributed by atoms with Crippen LogP contribution in [0, 0.1) is 13.2 Å². The molecule has 0 amide bonds. The topological polar surface area (TPSA) is 53.1 Å². The molecule has 0 saturated carbocycles. The zero-order valence-electron chi connectivity index (χ0n) is 14.9. The second-order valence-corrected chi connectivity index (χ2v) is 6.14. The third kappa shape index (κ3) is 4.90. The number of aromatic nitrogens is 2. The summed E-state index contributed by atoms with van der Waals surface area (Å²) in [4.78, 5) is 10.8. The Morgan fingerprint density at radius 1 is 1.23 bits per heavy atom. The average Bonchev–Trinajstić information content (AvgIpc) is 2.65. The number of halogens is 1. The number of rotatable bonds is 6. The van der Waals surface area contributed by atoms with Crippen molar-refractivity contribution in [2.24, 2.45) is 0 Å². The Kier molecular flexibility index (Phi) is 7.74. The molecule has 0 spiro atoms.